The van der Waals surface area contributed by atoms with Gasteiger partial charge < -0.3 is 9.47 Å². The molecule has 0 spiro atoms. The zero-order valence-corrected chi connectivity index (χ0v) is 16.7. The van der Waals surface area contributed by atoms with Crippen LogP contribution < -0.4 is 0 Å². The molecule has 0 aliphatic heterocycles. The van der Waals surface area contributed by atoms with Crippen molar-refractivity contribution in [2.75, 3.05) is 7.05 Å². The number of nitrogens with zero attached hydrogens (tertiary/aromatic N) is 5. The Hall–Kier alpha value is -3.87. The fraction of sp³-hybridized carbons (Fsp3) is 0.130. The summed E-state index contributed by atoms with van der Waals surface area (Å²) in [6, 6.07) is 13.6. The van der Waals surface area contributed by atoms with Crippen molar-refractivity contribution in [1.29, 1.82) is 0 Å². The van der Waals surface area contributed by atoms with Crippen LogP contribution >= 0.6 is 0 Å². The number of hydrogen-bond acceptors (Lipinski definition) is 4. The summed E-state index contributed by atoms with van der Waals surface area (Å²) in [7, 11) is 3.58. The number of aryl methyl sites for hydroxylation is 1. The van der Waals surface area contributed by atoms with Gasteiger partial charge in [0.05, 0.1) is 12.2 Å². The molecule has 3 heterocycles. The molecular formula is C23H20FN5O. The molecule has 4 rings (SSSR count). The first-order chi connectivity index (χ1) is 14.5. The molecule has 0 saturated heterocycles. The lowest BCUT2D eigenvalue weighted by atomic mass is 10.1. The molecule has 7 heteroatoms. The first-order valence-electron chi connectivity index (χ1n) is 9.41. The maximum absolute atomic E-state index is 13.4. The minimum atomic E-state index is -0.332. The molecule has 0 atom stereocenters. The summed E-state index contributed by atoms with van der Waals surface area (Å²) >= 11 is 0. The van der Waals surface area contributed by atoms with Crippen LogP contribution in [-0.4, -0.2) is 37.4 Å². The van der Waals surface area contributed by atoms with E-state index >= 15 is 0 Å². The molecule has 4 aromatic rings. The monoisotopic (exact) mass is 401 g/mol. The molecule has 6 nitrogen and oxygen atoms in total. The maximum Gasteiger partial charge on any atom is 0.270 e. The number of halogens is 1. The predicted molar refractivity (Wildman–Crippen MR) is 112 cm³/mol. The van der Waals surface area contributed by atoms with E-state index in [0.717, 1.165) is 16.8 Å². The van der Waals surface area contributed by atoms with Gasteiger partial charge in [-0.2, -0.15) is 0 Å². The minimum Gasteiger partial charge on any atom is -0.346 e. The van der Waals surface area contributed by atoms with Gasteiger partial charge in [0.25, 0.3) is 5.91 Å². The van der Waals surface area contributed by atoms with Crippen molar-refractivity contribution < 1.29 is 9.18 Å². The SMILES string of the molecule is CN(Cc1ccccn1)C(=O)c1cc(-c2cnc(-c3cccc(F)c3)nc2)cn1C. The van der Waals surface area contributed by atoms with E-state index in [2.05, 4.69) is 15.0 Å². The van der Waals surface area contributed by atoms with Gasteiger partial charge in [-0.15, -0.1) is 0 Å². The molecule has 1 amide bonds. The number of carbonyl (C=O) groups excluding carboxylic acids is 1. The van der Waals surface area contributed by atoms with E-state index in [1.807, 2.05) is 37.5 Å². The fourth-order valence-corrected chi connectivity index (χ4v) is 3.19. The van der Waals surface area contributed by atoms with E-state index in [-0.39, 0.29) is 11.7 Å². The van der Waals surface area contributed by atoms with E-state index < -0.39 is 0 Å². The largest absolute Gasteiger partial charge is 0.346 e. The van der Waals surface area contributed by atoms with Crippen LogP contribution in [-0.2, 0) is 13.6 Å². The summed E-state index contributed by atoms with van der Waals surface area (Å²) < 4.78 is 15.2. The third-order valence-electron chi connectivity index (χ3n) is 4.76. The zero-order chi connectivity index (χ0) is 21.1. The smallest absolute Gasteiger partial charge is 0.270 e. The molecule has 150 valence electrons. The second kappa shape index (κ2) is 8.24. The number of benzene rings is 1. The average Bonchev–Trinajstić information content (AvgIpc) is 3.15. The number of carbonyl (C=O) groups is 1. The lowest BCUT2D eigenvalue weighted by molar-refractivity contribution is 0.0774. The Balaban J connectivity index is 1.54. The third-order valence-corrected chi connectivity index (χ3v) is 4.76. The first-order valence-corrected chi connectivity index (χ1v) is 9.41. The van der Waals surface area contributed by atoms with Gasteiger partial charge in [-0.25, -0.2) is 14.4 Å². The average molecular weight is 401 g/mol. The summed E-state index contributed by atoms with van der Waals surface area (Å²) in [5.74, 6) is 0.00786. The standard InChI is InChI=1S/C23H20FN5O/c1-28-14-17(11-21(28)23(30)29(2)15-20-8-3-4-9-25-20)18-12-26-22(27-13-18)16-6-5-7-19(24)10-16/h3-14H,15H2,1-2H3. The predicted octanol–water partition coefficient (Wildman–Crippen LogP) is 3.96. The van der Waals surface area contributed by atoms with Gasteiger partial charge in [-0.3, -0.25) is 9.78 Å². The van der Waals surface area contributed by atoms with Crippen molar-refractivity contribution in [3.63, 3.8) is 0 Å². The van der Waals surface area contributed by atoms with Crippen LogP contribution in [0.25, 0.3) is 22.5 Å². The highest BCUT2D eigenvalue weighted by Gasteiger charge is 2.18. The quantitative estimate of drug-likeness (QED) is 0.508. The van der Waals surface area contributed by atoms with Gasteiger partial charge in [-0.1, -0.05) is 18.2 Å². The Morgan fingerprint density at radius 2 is 1.80 bits per heavy atom. The van der Waals surface area contributed by atoms with E-state index in [1.165, 1.54) is 12.1 Å². The molecular weight excluding hydrogens is 381 g/mol. The van der Waals surface area contributed by atoms with Crippen molar-refractivity contribution in [2.24, 2.45) is 7.05 Å². The normalized spacial score (nSPS) is 10.8. The Morgan fingerprint density at radius 3 is 2.50 bits per heavy atom. The fourth-order valence-electron chi connectivity index (χ4n) is 3.19. The van der Waals surface area contributed by atoms with Gasteiger partial charge in [0.1, 0.15) is 11.5 Å². The second-order valence-electron chi connectivity index (χ2n) is 7.01. The number of aromatic nitrogens is 4. The summed E-state index contributed by atoms with van der Waals surface area (Å²) in [6.07, 6.45) is 6.92. The number of rotatable bonds is 5. The number of amides is 1. The van der Waals surface area contributed by atoms with Crippen LogP contribution in [0.5, 0.6) is 0 Å². The van der Waals surface area contributed by atoms with Crippen molar-refractivity contribution in [3.05, 3.63) is 90.5 Å². The maximum atomic E-state index is 13.4. The lowest BCUT2D eigenvalue weighted by Gasteiger charge is -2.16. The van der Waals surface area contributed by atoms with Crippen molar-refractivity contribution in [3.8, 4) is 22.5 Å². The summed E-state index contributed by atoms with van der Waals surface area (Å²) in [5.41, 5.74) is 3.60. The summed E-state index contributed by atoms with van der Waals surface area (Å²) in [6.45, 7) is 0.422. The van der Waals surface area contributed by atoms with Gasteiger partial charge >= 0.3 is 0 Å². The summed E-state index contributed by atoms with van der Waals surface area (Å²) in [5, 5.41) is 0. The Labute approximate surface area is 173 Å². The molecule has 0 aliphatic carbocycles. The van der Waals surface area contributed by atoms with Crippen LogP contribution in [0.1, 0.15) is 16.2 Å². The molecule has 0 unspecified atom stereocenters. The van der Waals surface area contributed by atoms with Crippen molar-refractivity contribution >= 4 is 5.91 Å². The van der Waals surface area contributed by atoms with Crippen molar-refractivity contribution in [2.45, 2.75) is 6.54 Å². The third kappa shape index (κ3) is 4.10. The molecule has 30 heavy (non-hydrogen) atoms. The van der Waals surface area contributed by atoms with E-state index in [0.29, 0.717) is 23.6 Å². The highest BCUT2D eigenvalue weighted by atomic mass is 19.1. The molecule has 0 saturated carbocycles. The van der Waals surface area contributed by atoms with Crippen molar-refractivity contribution in [1.82, 2.24) is 24.4 Å². The number of pyridine rings is 1. The Kier molecular flexibility index (Phi) is 5.34. The zero-order valence-electron chi connectivity index (χ0n) is 16.7. The van der Waals surface area contributed by atoms with Crippen LogP contribution in [0, 0.1) is 5.82 Å². The van der Waals surface area contributed by atoms with Crippen LogP contribution in [0.3, 0.4) is 0 Å². The molecule has 0 radical (unpaired) electrons. The van der Waals surface area contributed by atoms with Crippen LogP contribution in [0.15, 0.2) is 73.3 Å². The molecule has 0 aliphatic rings. The van der Waals surface area contributed by atoms with E-state index in [4.69, 9.17) is 0 Å². The van der Waals surface area contributed by atoms with Gasteiger partial charge in [0.2, 0.25) is 0 Å². The molecule has 0 N–H and O–H groups in total. The second-order valence-corrected chi connectivity index (χ2v) is 7.01. The molecule has 0 fully saturated rings. The van der Waals surface area contributed by atoms with Gasteiger partial charge in [-0.05, 0) is 30.3 Å². The summed E-state index contributed by atoms with van der Waals surface area (Å²) in [4.78, 5) is 27.5. The number of hydrogen-bond donors (Lipinski definition) is 0. The molecule has 0 bridgehead atoms. The highest BCUT2D eigenvalue weighted by molar-refractivity contribution is 5.94. The van der Waals surface area contributed by atoms with Crippen LogP contribution in [0.4, 0.5) is 4.39 Å². The Morgan fingerprint density at radius 1 is 1.00 bits per heavy atom. The first kappa shape index (κ1) is 19.4. The van der Waals surface area contributed by atoms with E-state index in [1.54, 1.807) is 47.2 Å². The van der Waals surface area contributed by atoms with Gasteiger partial charge in [0, 0.05) is 55.6 Å². The topological polar surface area (TPSA) is 63.9 Å². The highest BCUT2D eigenvalue weighted by Crippen LogP contribution is 2.23. The van der Waals surface area contributed by atoms with E-state index in [9.17, 15) is 9.18 Å². The molecule has 1 aromatic carbocycles. The lowest BCUT2D eigenvalue weighted by Crippen LogP contribution is -2.28. The Bertz CT molecular complexity index is 1170. The minimum absolute atomic E-state index is 0.105. The van der Waals surface area contributed by atoms with Crippen LogP contribution in [0.2, 0.25) is 0 Å². The van der Waals surface area contributed by atoms with Gasteiger partial charge in [0.15, 0.2) is 5.82 Å². The molecule has 3 aromatic heterocycles.